The lowest BCUT2D eigenvalue weighted by Crippen LogP contribution is -2.06. The first-order valence-electron chi connectivity index (χ1n) is 6.39. The highest BCUT2D eigenvalue weighted by atomic mass is 16.5. The minimum atomic E-state index is 0.481. The van der Waals surface area contributed by atoms with Crippen LogP contribution in [0.5, 0.6) is 5.88 Å². The number of aryl methyl sites for hydroxylation is 1. The SMILES string of the molecule is CCOc1cc(C)nc(-n2ncc3ccc(N)cc32)n1. The number of ether oxygens (including phenoxy) is 1. The second-order valence-electron chi connectivity index (χ2n) is 4.46. The first-order valence-corrected chi connectivity index (χ1v) is 6.39. The van der Waals surface area contributed by atoms with Crippen LogP contribution in [0.15, 0.2) is 30.5 Å². The molecule has 0 aliphatic carbocycles. The zero-order valence-electron chi connectivity index (χ0n) is 11.4. The second-order valence-corrected chi connectivity index (χ2v) is 4.46. The minimum Gasteiger partial charge on any atom is -0.478 e. The summed E-state index contributed by atoms with van der Waals surface area (Å²) in [5.74, 6) is 1.02. The Hall–Kier alpha value is -2.63. The molecule has 0 aliphatic heterocycles. The number of fused-ring (bicyclic) bond motifs is 1. The van der Waals surface area contributed by atoms with E-state index in [4.69, 9.17) is 10.5 Å². The molecule has 0 spiro atoms. The number of benzene rings is 1. The lowest BCUT2D eigenvalue weighted by atomic mass is 10.2. The van der Waals surface area contributed by atoms with Gasteiger partial charge >= 0.3 is 0 Å². The summed E-state index contributed by atoms with van der Waals surface area (Å²) in [6, 6.07) is 7.42. The van der Waals surface area contributed by atoms with E-state index in [2.05, 4.69) is 15.1 Å². The van der Waals surface area contributed by atoms with Crippen molar-refractivity contribution < 1.29 is 4.74 Å². The number of rotatable bonds is 3. The van der Waals surface area contributed by atoms with Crippen molar-refractivity contribution in [3.8, 4) is 11.8 Å². The van der Waals surface area contributed by atoms with Crippen molar-refractivity contribution in [1.29, 1.82) is 0 Å². The molecule has 3 rings (SSSR count). The third-order valence-electron chi connectivity index (χ3n) is 2.90. The van der Waals surface area contributed by atoms with Crippen LogP contribution in [0, 0.1) is 6.92 Å². The van der Waals surface area contributed by atoms with Crippen molar-refractivity contribution in [2.75, 3.05) is 12.3 Å². The summed E-state index contributed by atoms with van der Waals surface area (Å²) in [6.45, 7) is 4.37. The molecule has 1 aromatic carbocycles. The molecule has 0 atom stereocenters. The van der Waals surface area contributed by atoms with Gasteiger partial charge in [0.1, 0.15) is 0 Å². The van der Waals surface area contributed by atoms with Crippen LogP contribution in [0.4, 0.5) is 5.69 Å². The number of hydrogen-bond acceptors (Lipinski definition) is 5. The Morgan fingerprint density at radius 1 is 1.25 bits per heavy atom. The number of hydrogen-bond donors (Lipinski definition) is 1. The van der Waals surface area contributed by atoms with E-state index in [0.29, 0.717) is 24.1 Å². The fourth-order valence-electron chi connectivity index (χ4n) is 2.04. The van der Waals surface area contributed by atoms with Crippen molar-refractivity contribution in [2.24, 2.45) is 0 Å². The van der Waals surface area contributed by atoms with E-state index in [0.717, 1.165) is 16.6 Å². The van der Waals surface area contributed by atoms with Gasteiger partial charge in [-0.15, -0.1) is 0 Å². The zero-order valence-corrected chi connectivity index (χ0v) is 11.4. The molecule has 0 radical (unpaired) electrons. The monoisotopic (exact) mass is 269 g/mol. The Balaban J connectivity index is 2.17. The van der Waals surface area contributed by atoms with Crippen LogP contribution in [-0.2, 0) is 0 Å². The van der Waals surface area contributed by atoms with Gasteiger partial charge in [0, 0.05) is 22.8 Å². The molecule has 0 saturated carbocycles. The van der Waals surface area contributed by atoms with Gasteiger partial charge < -0.3 is 10.5 Å². The largest absolute Gasteiger partial charge is 0.478 e. The Labute approximate surface area is 116 Å². The van der Waals surface area contributed by atoms with Crippen molar-refractivity contribution in [1.82, 2.24) is 19.7 Å². The fraction of sp³-hybridized carbons (Fsp3) is 0.214. The van der Waals surface area contributed by atoms with Crippen LogP contribution < -0.4 is 10.5 Å². The smallest absolute Gasteiger partial charge is 0.254 e. The normalized spacial score (nSPS) is 10.9. The minimum absolute atomic E-state index is 0.481. The van der Waals surface area contributed by atoms with Crippen molar-refractivity contribution in [3.05, 3.63) is 36.2 Å². The summed E-state index contributed by atoms with van der Waals surface area (Å²) >= 11 is 0. The maximum absolute atomic E-state index is 5.83. The van der Waals surface area contributed by atoms with E-state index in [1.807, 2.05) is 32.0 Å². The number of nitrogens with zero attached hydrogens (tertiary/aromatic N) is 4. The maximum atomic E-state index is 5.83. The summed E-state index contributed by atoms with van der Waals surface area (Å²) in [6.07, 6.45) is 1.76. The molecule has 0 fully saturated rings. The molecule has 0 bridgehead atoms. The van der Waals surface area contributed by atoms with Crippen molar-refractivity contribution in [2.45, 2.75) is 13.8 Å². The lowest BCUT2D eigenvalue weighted by molar-refractivity contribution is 0.325. The highest BCUT2D eigenvalue weighted by Crippen LogP contribution is 2.20. The van der Waals surface area contributed by atoms with Crippen LogP contribution in [0.2, 0.25) is 0 Å². The molecule has 6 heteroatoms. The first kappa shape index (κ1) is 12.4. The molecule has 102 valence electrons. The molecule has 2 heterocycles. The first-order chi connectivity index (χ1) is 9.67. The maximum Gasteiger partial charge on any atom is 0.254 e. The lowest BCUT2D eigenvalue weighted by Gasteiger charge is -2.07. The Bertz CT molecular complexity index is 765. The molecule has 2 aromatic heterocycles. The van der Waals surface area contributed by atoms with Crippen LogP contribution in [0.1, 0.15) is 12.6 Å². The average Bonchev–Trinajstić information content (AvgIpc) is 2.81. The summed E-state index contributed by atoms with van der Waals surface area (Å²) in [4.78, 5) is 8.78. The summed E-state index contributed by atoms with van der Waals surface area (Å²) in [5, 5.41) is 5.32. The number of aromatic nitrogens is 4. The highest BCUT2D eigenvalue weighted by molar-refractivity contribution is 5.82. The quantitative estimate of drug-likeness (QED) is 0.737. The zero-order chi connectivity index (χ0) is 14.1. The van der Waals surface area contributed by atoms with Crippen molar-refractivity contribution in [3.63, 3.8) is 0 Å². The topological polar surface area (TPSA) is 78.8 Å². The molecule has 3 aromatic rings. The number of anilines is 1. The molecule has 0 saturated heterocycles. The van der Waals surface area contributed by atoms with Crippen LogP contribution in [0.3, 0.4) is 0 Å². The van der Waals surface area contributed by atoms with Gasteiger partial charge in [-0.05, 0) is 32.0 Å². The second kappa shape index (κ2) is 4.80. The summed E-state index contributed by atoms with van der Waals surface area (Å²) < 4.78 is 7.11. The van der Waals surface area contributed by atoms with Gasteiger partial charge in [0.15, 0.2) is 0 Å². The predicted molar refractivity (Wildman–Crippen MR) is 77.0 cm³/mol. The molecular formula is C14H15N5O. The Morgan fingerprint density at radius 3 is 2.90 bits per heavy atom. The molecule has 2 N–H and O–H groups in total. The van der Waals surface area contributed by atoms with E-state index in [9.17, 15) is 0 Å². The van der Waals surface area contributed by atoms with Gasteiger partial charge in [-0.2, -0.15) is 14.8 Å². The van der Waals surface area contributed by atoms with E-state index in [-0.39, 0.29) is 0 Å². The van der Waals surface area contributed by atoms with E-state index >= 15 is 0 Å². The Morgan fingerprint density at radius 2 is 2.10 bits per heavy atom. The molecule has 0 aliphatic rings. The van der Waals surface area contributed by atoms with Gasteiger partial charge in [0.2, 0.25) is 5.88 Å². The molecule has 0 amide bonds. The van der Waals surface area contributed by atoms with Crippen LogP contribution in [0.25, 0.3) is 16.9 Å². The standard InChI is InChI=1S/C14H15N5O/c1-3-20-13-6-9(2)17-14(18-13)19-12-7-11(15)5-4-10(12)8-16-19/h4-8H,3,15H2,1-2H3. The summed E-state index contributed by atoms with van der Waals surface area (Å²) in [5.41, 5.74) is 8.21. The van der Waals surface area contributed by atoms with Gasteiger partial charge in [0.05, 0.1) is 18.3 Å². The number of nitrogen functional groups attached to an aromatic ring is 1. The van der Waals surface area contributed by atoms with E-state index in [1.54, 1.807) is 16.9 Å². The molecular weight excluding hydrogens is 254 g/mol. The highest BCUT2D eigenvalue weighted by Gasteiger charge is 2.10. The molecule has 0 unspecified atom stereocenters. The predicted octanol–water partition coefficient (Wildman–Crippen LogP) is 2.10. The third-order valence-corrected chi connectivity index (χ3v) is 2.90. The van der Waals surface area contributed by atoms with Gasteiger partial charge in [-0.25, -0.2) is 4.98 Å². The van der Waals surface area contributed by atoms with E-state index < -0.39 is 0 Å². The Kier molecular flexibility index (Phi) is 2.98. The van der Waals surface area contributed by atoms with Gasteiger partial charge in [-0.1, -0.05) is 0 Å². The third kappa shape index (κ3) is 2.16. The fourth-order valence-corrected chi connectivity index (χ4v) is 2.04. The number of nitrogens with two attached hydrogens (primary N) is 1. The average molecular weight is 269 g/mol. The van der Waals surface area contributed by atoms with Crippen LogP contribution in [-0.4, -0.2) is 26.4 Å². The van der Waals surface area contributed by atoms with E-state index in [1.165, 1.54) is 0 Å². The molecule has 20 heavy (non-hydrogen) atoms. The molecule has 6 nitrogen and oxygen atoms in total. The summed E-state index contributed by atoms with van der Waals surface area (Å²) in [7, 11) is 0. The van der Waals surface area contributed by atoms with Gasteiger partial charge in [-0.3, -0.25) is 0 Å². The van der Waals surface area contributed by atoms with Crippen LogP contribution >= 0.6 is 0 Å². The van der Waals surface area contributed by atoms with Gasteiger partial charge in [0.25, 0.3) is 5.95 Å². The van der Waals surface area contributed by atoms with Crippen molar-refractivity contribution >= 4 is 16.6 Å².